The molecule has 0 aromatic heterocycles. The summed E-state index contributed by atoms with van der Waals surface area (Å²) in [5.41, 5.74) is 5.78. The van der Waals surface area contributed by atoms with Gasteiger partial charge in [0.2, 0.25) is 5.91 Å². The van der Waals surface area contributed by atoms with Gasteiger partial charge in [-0.15, -0.1) is 12.4 Å². The molecule has 4 heteroatoms. The number of halogens is 1. The molecule has 1 saturated heterocycles. The number of hydrogen-bond donors (Lipinski definition) is 1. The van der Waals surface area contributed by atoms with E-state index in [0.717, 1.165) is 13.0 Å². The Hall–Kier alpha value is -0.280. The quantitative estimate of drug-likeness (QED) is 0.813. The standard InChI is InChI=1S/C12H24N2O.ClH/c1-8-6-12(4,5)14(7-8)11(15)9(2)10(3)13;/h8-10H,6-7,13H2,1-5H3;1H. The van der Waals surface area contributed by atoms with Crippen LogP contribution in [0.4, 0.5) is 0 Å². The Balaban J connectivity index is 0.00000225. The van der Waals surface area contributed by atoms with Crippen LogP contribution in [0, 0.1) is 11.8 Å². The molecule has 1 amide bonds. The minimum atomic E-state index is -0.0745. The summed E-state index contributed by atoms with van der Waals surface area (Å²) >= 11 is 0. The molecular formula is C12H25ClN2O. The summed E-state index contributed by atoms with van der Waals surface area (Å²) in [5.74, 6) is 0.734. The molecule has 1 rings (SSSR count). The second kappa shape index (κ2) is 5.37. The van der Waals surface area contributed by atoms with Crippen LogP contribution in [0.2, 0.25) is 0 Å². The van der Waals surface area contributed by atoms with E-state index in [4.69, 9.17) is 5.73 Å². The van der Waals surface area contributed by atoms with Crippen LogP contribution in [0.25, 0.3) is 0 Å². The van der Waals surface area contributed by atoms with Crippen LogP contribution in [0.15, 0.2) is 0 Å². The maximum Gasteiger partial charge on any atom is 0.227 e. The lowest BCUT2D eigenvalue weighted by Crippen LogP contribution is -2.48. The van der Waals surface area contributed by atoms with Crippen molar-refractivity contribution in [3.05, 3.63) is 0 Å². The van der Waals surface area contributed by atoms with E-state index in [1.165, 1.54) is 0 Å². The Morgan fingerprint density at radius 2 is 1.94 bits per heavy atom. The highest BCUT2D eigenvalue weighted by atomic mass is 35.5. The molecule has 0 bridgehead atoms. The molecule has 1 aliphatic heterocycles. The largest absolute Gasteiger partial charge is 0.337 e. The molecule has 3 nitrogen and oxygen atoms in total. The Morgan fingerprint density at radius 3 is 2.25 bits per heavy atom. The van der Waals surface area contributed by atoms with Crippen molar-refractivity contribution in [3.63, 3.8) is 0 Å². The van der Waals surface area contributed by atoms with Gasteiger partial charge >= 0.3 is 0 Å². The average molecular weight is 249 g/mol. The first kappa shape index (κ1) is 15.7. The lowest BCUT2D eigenvalue weighted by Gasteiger charge is -2.34. The van der Waals surface area contributed by atoms with Crippen molar-refractivity contribution < 1.29 is 4.79 Å². The third-order valence-electron chi connectivity index (χ3n) is 3.52. The second-order valence-electron chi connectivity index (χ2n) is 5.72. The van der Waals surface area contributed by atoms with Crippen LogP contribution in [0.5, 0.6) is 0 Å². The zero-order valence-corrected chi connectivity index (χ0v) is 11.8. The predicted octanol–water partition coefficient (Wildman–Crippen LogP) is 2.04. The molecule has 0 saturated carbocycles. The molecule has 0 aromatic rings. The Kier molecular flexibility index (Phi) is 5.27. The molecule has 0 aliphatic carbocycles. The van der Waals surface area contributed by atoms with Crippen molar-refractivity contribution in [2.75, 3.05) is 6.54 Å². The van der Waals surface area contributed by atoms with Crippen molar-refractivity contribution in [2.24, 2.45) is 17.6 Å². The highest BCUT2D eigenvalue weighted by Crippen LogP contribution is 2.33. The van der Waals surface area contributed by atoms with Crippen LogP contribution >= 0.6 is 12.4 Å². The van der Waals surface area contributed by atoms with E-state index >= 15 is 0 Å². The summed E-state index contributed by atoms with van der Waals surface area (Å²) in [6.07, 6.45) is 1.09. The predicted molar refractivity (Wildman–Crippen MR) is 69.6 cm³/mol. The molecule has 0 aromatic carbocycles. The number of nitrogens with two attached hydrogens (primary N) is 1. The fourth-order valence-corrected chi connectivity index (χ4v) is 2.45. The van der Waals surface area contributed by atoms with E-state index in [0.29, 0.717) is 5.92 Å². The van der Waals surface area contributed by atoms with E-state index in [9.17, 15) is 4.79 Å². The number of hydrogen-bond acceptors (Lipinski definition) is 2. The van der Waals surface area contributed by atoms with Gasteiger partial charge in [0.25, 0.3) is 0 Å². The molecule has 1 heterocycles. The molecule has 1 fully saturated rings. The Morgan fingerprint density at radius 1 is 1.44 bits per heavy atom. The SMILES string of the molecule is CC1CN(C(=O)C(C)C(C)N)C(C)(C)C1.Cl. The summed E-state index contributed by atoms with van der Waals surface area (Å²) in [7, 11) is 0. The number of carbonyl (C=O) groups excluding carboxylic acids is 1. The molecule has 0 radical (unpaired) electrons. The van der Waals surface area contributed by atoms with Crippen LogP contribution in [0.1, 0.15) is 41.0 Å². The monoisotopic (exact) mass is 248 g/mol. The van der Waals surface area contributed by atoms with Gasteiger partial charge in [-0.25, -0.2) is 0 Å². The van der Waals surface area contributed by atoms with Crippen molar-refractivity contribution in [1.82, 2.24) is 4.90 Å². The number of amides is 1. The first-order valence-electron chi connectivity index (χ1n) is 5.83. The van der Waals surface area contributed by atoms with Crippen LogP contribution in [-0.2, 0) is 4.79 Å². The number of nitrogens with zero attached hydrogens (tertiary/aromatic N) is 1. The molecule has 3 unspecified atom stereocenters. The highest BCUT2D eigenvalue weighted by Gasteiger charge is 2.40. The van der Waals surface area contributed by atoms with Crippen molar-refractivity contribution in [2.45, 2.75) is 52.6 Å². The summed E-state index contributed by atoms with van der Waals surface area (Å²) in [6, 6.07) is -0.0655. The molecule has 16 heavy (non-hydrogen) atoms. The van der Waals surface area contributed by atoms with Crippen molar-refractivity contribution in [3.8, 4) is 0 Å². The maximum atomic E-state index is 12.2. The molecule has 96 valence electrons. The summed E-state index contributed by atoms with van der Waals surface area (Å²) in [6.45, 7) is 11.2. The first-order chi connectivity index (χ1) is 6.75. The third kappa shape index (κ3) is 3.11. The Labute approximate surface area is 105 Å². The maximum absolute atomic E-state index is 12.2. The normalized spacial score (nSPS) is 27.1. The first-order valence-corrected chi connectivity index (χ1v) is 5.83. The van der Waals surface area contributed by atoms with Gasteiger partial charge in [0.1, 0.15) is 0 Å². The van der Waals surface area contributed by atoms with Gasteiger partial charge in [-0.2, -0.15) is 0 Å². The van der Waals surface area contributed by atoms with E-state index < -0.39 is 0 Å². The van der Waals surface area contributed by atoms with Crippen LogP contribution < -0.4 is 5.73 Å². The van der Waals surface area contributed by atoms with Crippen LogP contribution in [0.3, 0.4) is 0 Å². The number of likely N-dealkylation sites (tertiary alicyclic amines) is 1. The van der Waals surface area contributed by atoms with E-state index in [-0.39, 0.29) is 35.8 Å². The fraction of sp³-hybridized carbons (Fsp3) is 0.917. The van der Waals surface area contributed by atoms with Gasteiger partial charge in [-0.3, -0.25) is 4.79 Å². The third-order valence-corrected chi connectivity index (χ3v) is 3.52. The minimum Gasteiger partial charge on any atom is -0.337 e. The zero-order chi connectivity index (χ0) is 11.8. The molecule has 2 N–H and O–H groups in total. The zero-order valence-electron chi connectivity index (χ0n) is 11.0. The minimum absolute atomic E-state index is 0. The highest BCUT2D eigenvalue weighted by molar-refractivity contribution is 5.85. The summed E-state index contributed by atoms with van der Waals surface area (Å²) in [5, 5.41) is 0. The van der Waals surface area contributed by atoms with Gasteiger partial charge < -0.3 is 10.6 Å². The van der Waals surface area contributed by atoms with Gasteiger partial charge in [0.15, 0.2) is 0 Å². The summed E-state index contributed by atoms with van der Waals surface area (Å²) < 4.78 is 0. The molecule has 0 spiro atoms. The Bertz CT molecular complexity index is 253. The topological polar surface area (TPSA) is 46.3 Å². The molecular weight excluding hydrogens is 224 g/mol. The number of rotatable bonds is 2. The lowest BCUT2D eigenvalue weighted by atomic mass is 9.96. The fourth-order valence-electron chi connectivity index (χ4n) is 2.45. The van der Waals surface area contributed by atoms with Gasteiger partial charge in [0, 0.05) is 18.1 Å². The van der Waals surface area contributed by atoms with E-state index in [1.54, 1.807) is 0 Å². The van der Waals surface area contributed by atoms with Crippen molar-refractivity contribution in [1.29, 1.82) is 0 Å². The van der Waals surface area contributed by atoms with Gasteiger partial charge in [-0.05, 0) is 33.1 Å². The van der Waals surface area contributed by atoms with Gasteiger partial charge in [-0.1, -0.05) is 13.8 Å². The van der Waals surface area contributed by atoms with E-state index in [1.807, 2.05) is 18.7 Å². The van der Waals surface area contributed by atoms with E-state index in [2.05, 4.69) is 20.8 Å². The summed E-state index contributed by atoms with van der Waals surface area (Å²) in [4.78, 5) is 14.2. The second-order valence-corrected chi connectivity index (χ2v) is 5.72. The average Bonchev–Trinajstić information content (AvgIpc) is 2.36. The smallest absolute Gasteiger partial charge is 0.227 e. The van der Waals surface area contributed by atoms with Crippen molar-refractivity contribution >= 4 is 18.3 Å². The lowest BCUT2D eigenvalue weighted by molar-refractivity contribution is -0.138. The van der Waals surface area contributed by atoms with Crippen LogP contribution in [-0.4, -0.2) is 28.9 Å². The molecule has 1 aliphatic rings. The molecule has 3 atom stereocenters. The number of carbonyl (C=O) groups is 1. The van der Waals surface area contributed by atoms with Gasteiger partial charge in [0.05, 0.1) is 5.92 Å².